The molecule has 0 aromatic heterocycles. The molecule has 0 amide bonds. The first kappa shape index (κ1) is 21.4. The Morgan fingerprint density at radius 2 is 2.14 bits per heavy atom. The number of nitrogens with two attached hydrogens (primary N) is 1. The molecule has 0 spiro atoms. The molecule has 2 aliphatic rings. The minimum atomic E-state index is 0.109. The quantitative estimate of drug-likeness (QED) is 0.604. The molecule has 6 nitrogen and oxygen atoms in total. The maximum absolute atomic E-state index is 13.1. The van der Waals surface area contributed by atoms with Crippen LogP contribution in [0.2, 0.25) is 0 Å². The van der Waals surface area contributed by atoms with E-state index < -0.39 is 0 Å². The lowest BCUT2D eigenvalue weighted by Gasteiger charge is -2.32. The maximum Gasteiger partial charge on any atom is 0.183 e. The van der Waals surface area contributed by atoms with Crippen LogP contribution in [0.5, 0.6) is 5.75 Å². The molecule has 0 bridgehead atoms. The fourth-order valence-electron chi connectivity index (χ4n) is 3.90. The Morgan fingerprint density at radius 3 is 2.83 bits per heavy atom. The highest BCUT2D eigenvalue weighted by molar-refractivity contribution is 6.01. The van der Waals surface area contributed by atoms with Crippen LogP contribution in [0.25, 0.3) is 0 Å². The molecule has 0 aliphatic carbocycles. The van der Waals surface area contributed by atoms with Crippen molar-refractivity contribution in [3.8, 4) is 5.75 Å². The van der Waals surface area contributed by atoms with Crippen molar-refractivity contribution in [1.82, 2.24) is 4.90 Å². The molecule has 1 aromatic rings. The second-order valence-corrected chi connectivity index (χ2v) is 7.94. The number of ketones is 1. The molecule has 1 aromatic carbocycles. The van der Waals surface area contributed by atoms with Gasteiger partial charge in [-0.3, -0.25) is 9.69 Å². The van der Waals surface area contributed by atoms with Gasteiger partial charge < -0.3 is 19.9 Å². The Kier molecular flexibility index (Phi) is 6.98. The summed E-state index contributed by atoms with van der Waals surface area (Å²) >= 11 is 0. The highest BCUT2D eigenvalue weighted by Crippen LogP contribution is 2.33. The number of nitrogens with zero attached hydrogens (tertiary/aromatic N) is 1. The van der Waals surface area contributed by atoms with Crippen molar-refractivity contribution >= 4 is 5.78 Å². The summed E-state index contributed by atoms with van der Waals surface area (Å²) in [5.74, 6) is 1.20. The molecule has 29 heavy (non-hydrogen) atoms. The molecule has 1 saturated heterocycles. The first-order valence-electron chi connectivity index (χ1n) is 10.2. The number of benzene rings is 1. The summed E-state index contributed by atoms with van der Waals surface area (Å²) in [5.41, 5.74) is 10.8. The first-order chi connectivity index (χ1) is 13.9. The van der Waals surface area contributed by atoms with Crippen LogP contribution in [-0.2, 0) is 15.9 Å². The van der Waals surface area contributed by atoms with Crippen LogP contribution in [0.3, 0.4) is 0 Å². The van der Waals surface area contributed by atoms with Crippen LogP contribution in [0.15, 0.2) is 29.7 Å². The zero-order chi connectivity index (χ0) is 21.0. The smallest absolute Gasteiger partial charge is 0.183 e. The molecular weight excluding hydrogens is 368 g/mol. The number of rotatable bonds is 5. The van der Waals surface area contributed by atoms with Crippen LogP contribution in [0.1, 0.15) is 46.8 Å². The van der Waals surface area contributed by atoms with Gasteiger partial charge in [0.15, 0.2) is 11.7 Å². The number of carbonyl (C=O) groups excluding carboxylic acids is 1. The average Bonchev–Trinajstić information content (AvgIpc) is 2.89. The summed E-state index contributed by atoms with van der Waals surface area (Å²) in [7, 11) is 1.54. The van der Waals surface area contributed by atoms with E-state index in [1.165, 1.54) is 0 Å². The standard InChI is InChI=1S/C23H32N2O4/c1-15(7-8-22(24)27-4)10-18-11-20-21(26)12-25(19-6-5-9-28-13-19)14-29-23(20)17(3)16(18)2/h7-8,11,19H,5-6,9-10,12-14,24H2,1-4H3/b15-7+,22-8+. The molecular formula is C23H32N2O4. The summed E-state index contributed by atoms with van der Waals surface area (Å²) in [5, 5.41) is 0. The van der Waals surface area contributed by atoms with Gasteiger partial charge in [0.05, 0.1) is 25.8 Å². The number of Topliss-reactive ketones (excluding diaryl/α,β-unsaturated/α-hetero) is 1. The van der Waals surface area contributed by atoms with E-state index in [1.54, 1.807) is 13.2 Å². The SMILES string of the molecule is CO/C(N)=C/C=C(\C)Cc1cc2c(c(C)c1C)OCN(C1CCCOC1)CC2=O. The third kappa shape index (κ3) is 5.00. The van der Waals surface area contributed by atoms with E-state index in [4.69, 9.17) is 19.9 Å². The van der Waals surface area contributed by atoms with Crippen molar-refractivity contribution in [3.63, 3.8) is 0 Å². The van der Waals surface area contributed by atoms with Crippen LogP contribution < -0.4 is 10.5 Å². The number of carbonyl (C=O) groups is 1. The maximum atomic E-state index is 13.1. The van der Waals surface area contributed by atoms with E-state index in [2.05, 4.69) is 11.8 Å². The largest absolute Gasteiger partial charge is 0.483 e. The Hall–Kier alpha value is -2.31. The van der Waals surface area contributed by atoms with Gasteiger partial charge in [-0.25, -0.2) is 0 Å². The van der Waals surface area contributed by atoms with Gasteiger partial charge in [-0.2, -0.15) is 0 Å². The molecule has 1 atom stereocenters. The Morgan fingerprint density at radius 1 is 1.34 bits per heavy atom. The number of allylic oxidation sites excluding steroid dienone is 3. The van der Waals surface area contributed by atoms with Crippen molar-refractivity contribution in [1.29, 1.82) is 0 Å². The number of hydrogen-bond donors (Lipinski definition) is 1. The van der Waals surface area contributed by atoms with E-state index in [0.717, 1.165) is 53.9 Å². The highest BCUT2D eigenvalue weighted by Gasteiger charge is 2.30. The second kappa shape index (κ2) is 9.46. The monoisotopic (exact) mass is 400 g/mol. The van der Waals surface area contributed by atoms with Gasteiger partial charge in [-0.1, -0.05) is 11.6 Å². The third-order valence-electron chi connectivity index (χ3n) is 5.86. The van der Waals surface area contributed by atoms with Gasteiger partial charge in [0, 0.05) is 12.6 Å². The Balaban J connectivity index is 1.85. The van der Waals surface area contributed by atoms with Crippen molar-refractivity contribution < 1.29 is 19.0 Å². The summed E-state index contributed by atoms with van der Waals surface area (Å²) < 4.78 is 16.7. The number of ether oxygens (including phenoxy) is 3. The van der Waals surface area contributed by atoms with E-state index in [9.17, 15) is 4.79 Å². The van der Waals surface area contributed by atoms with Gasteiger partial charge in [0.1, 0.15) is 12.5 Å². The molecule has 2 N–H and O–H groups in total. The van der Waals surface area contributed by atoms with Gasteiger partial charge >= 0.3 is 0 Å². The summed E-state index contributed by atoms with van der Waals surface area (Å²) in [6.07, 6.45) is 6.50. The number of fused-ring (bicyclic) bond motifs is 1. The van der Waals surface area contributed by atoms with Crippen molar-refractivity contribution in [2.45, 2.75) is 46.1 Å². The van der Waals surface area contributed by atoms with Crippen molar-refractivity contribution in [2.75, 3.05) is 33.6 Å². The van der Waals surface area contributed by atoms with E-state index >= 15 is 0 Å². The molecule has 3 rings (SSSR count). The lowest BCUT2D eigenvalue weighted by atomic mass is 9.92. The van der Waals surface area contributed by atoms with Gasteiger partial charge in [0.25, 0.3) is 0 Å². The lowest BCUT2D eigenvalue weighted by Crippen LogP contribution is -2.44. The normalized spacial score (nSPS) is 21.4. The topological polar surface area (TPSA) is 74.0 Å². The molecule has 6 heteroatoms. The molecule has 158 valence electrons. The predicted octanol–water partition coefficient (Wildman–Crippen LogP) is 3.25. The number of hydrogen-bond acceptors (Lipinski definition) is 6. The molecule has 2 heterocycles. The molecule has 0 radical (unpaired) electrons. The Labute approximate surface area is 173 Å². The van der Waals surface area contributed by atoms with Crippen LogP contribution in [0, 0.1) is 13.8 Å². The minimum Gasteiger partial charge on any atom is -0.483 e. The first-order valence-corrected chi connectivity index (χ1v) is 10.2. The van der Waals surface area contributed by atoms with Gasteiger partial charge in [-0.15, -0.1) is 0 Å². The fraction of sp³-hybridized carbons (Fsp3) is 0.522. The summed E-state index contributed by atoms with van der Waals surface area (Å²) in [4.78, 5) is 15.2. The van der Waals surface area contributed by atoms with Crippen molar-refractivity contribution in [2.24, 2.45) is 5.73 Å². The average molecular weight is 401 g/mol. The molecule has 1 unspecified atom stereocenters. The molecule has 0 saturated carbocycles. The van der Waals surface area contributed by atoms with E-state index in [1.807, 2.05) is 26.0 Å². The van der Waals surface area contributed by atoms with E-state index in [-0.39, 0.29) is 11.8 Å². The van der Waals surface area contributed by atoms with Crippen LogP contribution in [0.4, 0.5) is 0 Å². The van der Waals surface area contributed by atoms with Crippen LogP contribution >= 0.6 is 0 Å². The zero-order valence-electron chi connectivity index (χ0n) is 17.9. The number of methoxy groups -OCH3 is 1. The summed E-state index contributed by atoms with van der Waals surface area (Å²) in [6.45, 7) is 8.42. The minimum absolute atomic E-state index is 0.109. The van der Waals surface area contributed by atoms with Gasteiger partial charge in [-0.05, 0) is 68.9 Å². The van der Waals surface area contributed by atoms with E-state index in [0.29, 0.717) is 31.3 Å². The van der Waals surface area contributed by atoms with Crippen molar-refractivity contribution in [3.05, 3.63) is 51.9 Å². The molecule has 1 fully saturated rings. The third-order valence-corrected chi connectivity index (χ3v) is 5.86. The zero-order valence-corrected chi connectivity index (χ0v) is 17.9. The Bertz CT molecular complexity index is 823. The lowest BCUT2D eigenvalue weighted by molar-refractivity contribution is -0.00548. The second-order valence-electron chi connectivity index (χ2n) is 7.94. The van der Waals surface area contributed by atoms with Crippen LogP contribution in [-0.4, -0.2) is 50.3 Å². The van der Waals surface area contributed by atoms with Gasteiger partial charge in [0.2, 0.25) is 0 Å². The molecule has 2 aliphatic heterocycles. The fourth-order valence-corrected chi connectivity index (χ4v) is 3.90. The highest BCUT2D eigenvalue weighted by atomic mass is 16.5. The predicted molar refractivity (Wildman–Crippen MR) is 113 cm³/mol. The summed E-state index contributed by atoms with van der Waals surface area (Å²) in [6, 6.07) is 2.24.